The van der Waals surface area contributed by atoms with Gasteiger partial charge in [-0.2, -0.15) is 0 Å². The number of hydrogen-bond acceptors (Lipinski definition) is 4. The van der Waals surface area contributed by atoms with E-state index in [1.807, 2.05) is 24.3 Å². The first kappa shape index (κ1) is 32.4. The molecule has 5 heteroatoms. The van der Waals surface area contributed by atoms with Crippen LogP contribution in [-0.2, 0) is 6.42 Å². The summed E-state index contributed by atoms with van der Waals surface area (Å²) in [5, 5.41) is 3.30. The van der Waals surface area contributed by atoms with Gasteiger partial charge in [-0.3, -0.25) is 4.57 Å². The van der Waals surface area contributed by atoms with Crippen molar-refractivity contribution in [1.82, 2.24) is 24.5 Å². The molecule has 3 heterocycles. The number of benzene rings is 7. The largest absolute Gasteiger partial charge is 0.296 e. The average Bonchev–Trinajstić information content (AvgIpc) is 3.66. The minimum absolute atomic E-state index is 0.668. The number of pyridine rings is 1. The van der Waals surface area contributed by atoms with Crippen LogP contribution in [0, 0.1) is 0 Å². The summed E-state index contributed by atoms with van der Waals surface area (Å²) in [7, 11) is 0. The van der Waals surface area contributed by atoms with E-state index in [0.29, 0.717) is 5.82 Å². The number of rotatable bonds is 7. The van der Waals surface area contributed by atoms with Gasteiger partial charge in [-0.1, -0.05) is 153 Å². The number of aromatic nitrogens is 5. The van der Waals surface area contributed by atoms with Gasteiger partial charge in [0.15, 0.2) is 5.82 Å². The predicted octanol–water partition coefficient (Wildman–Crippen LogP) is 12.4. The quantitative estimate of drug-likeness (QED) is 0.155. The van der Waals surface area contributed by atoms with Crippen LogP contribution in [0.1, 0.15) is 12.7 Å². The molecule has 10 rings (SSSR count). The van der Waals surface area contributed by atoms with Crippen LogP contribution in [0.4, 0.5) is 0 Å². The molecule has 260 valence electrons. The molecule has 0 fully saturated rings. The van der Waals surface area contributed by atoms with Crippen molar-refractivity contribution in [3.63, 3.8) is 0 Å². The summed E-state index contributed by atoms with van der Waals surface area (Å²) in [6, 6.07) is 63.3. The van der Waals surface area contributed by atoms with E-state index in [-0.39, 0.29) is 0 Å². The smallest absolute Gasteiger partial charge is 0.160 e. The Morgan fingerprint density at radius 1 is 0.436 bits per heavy atom. The lowest BCUT2D eigenvalue weighted by molar-refractivity contribution is 0.908. The van der Waals surface area contributed by atoms with Gasteiger partial charge in [-0.15, -0.1) is 0 Å². The molecular formula is C50H35N5. The highest BCUT2D eigenvalue weighted by molar-refractivity contribution is 6.19. The molecule has 0 aliphatic rings. The Kier molecular flexibility index (Phi) is 8.03. The van der Waals surface area contributed by atoms with Crippen molar-refractivity contribution < 1.29 is 0 Å². The molecule has 0 radical (unpaired) electrons. The first-order valence-corrected chi connectivity index (χ1v) is 18.7. The number of para-hydroxylation sites is 2. The first-order valence-electron chi connectivity index (χ1n) is 18.7. The molecule has 0 saturated heterocycles. The van der Waals surface area contributed by atoms with Crippen LogP contribution in [0.5, 0.6) is 0 Å². The number of imidazole rings is 1. The van der Waals surface area contributed by atoms with Gasteiger partial charge < -0.3 is 0 Å². The Labute approximate surface area is 319 Å². The third-order valence-electron chi connectivity index (χ3n) is 10.4. The molecule has 5 nitrogen and oxygen atoms in total. The molecule has 55 heavy (non-hydrogen) atoms. The van der Waals surface area contributed by atoms with E-state index in [0.717, 1.165) is 95.5 Å². The van der Waals surface area contributed by atoms with Crippen LogP contribution in [0.2, 0.25) is 0 Å². The molecule has 7 aromatic carbocycles. The van der Waals surface area contributed by atoms with Crippen LogP contribution in [-0.4, -0.2) is 24.5 Å². The second-order valence-electron chi connectivity index (χ2n) is 13.7. The molecule has 0 spiro atoms. The predicted molar refractivity (Wildman–Crippen MR) is 226 cm³/mol. The van der Waals surface area contributed by atoms with Crippen molar-refractivity contribution in [3.8, 4) is 62.0 Å². The Hall–Kier alpha value is -7.24. The van der Waals surface area contributed by atoms with E-state index >= 15 is 0 Å². The summed E-state index contributed by atoms with van der Waals surface area (Å²) in [4.78, 5) is 20.9. The van der Waals surface area contributed by atoms with Gasteiger partial charge in [-0.25, -0.2) is 19.9 Å². The van der Waals surface area contributed by atoms with Gasteiger partial charge in [0.25, 0.3) is 0 Å². The molecular weight excluding hydrogens is 671 g/mol. The highest BCUT2D eigenvalue weighted by Crippen LogP contribution is 2.39. The summed E-state index contributed by atoms with van der Waals surface area (Å²) in [5.41, 5.74) is 13.1. The maximum absolute atomic E-state index is 5.32. The van der Waals surface area contributed by atoms with Crippen molar-refractivity contribution in [2.45, 2.75) is 13.3 Å². The second-order valence-corrected chi connectivity index (χ2v) is 13.7. The van der Waals surface area contributed by atoms with Gasteiger partial charge >= 0.3 is 0 Å². The van der Waals surface area contributed by atoms with Crippen molar-refractivity contribution in [2.75, 3.05) is 0 Å². The normalized spacial score (nSPS) is 11.4. The molecule has 0 bridgehead atoms. The fraction of sp³-hybridized carbons (Fsp3) is 0.0400. The molecule has 0 aliphatic heterocycles. The fourth-order valence-corrected chi connectivity index (χ4v) is 7.69. The number of hydrogen-bond donors (Lipinski definition) is 0. The molecule has 0 atom stereocenters. The van der Waals surface area contributed by atoms with E-state index in [4.69, 9.17) is 19.9 Å². The Morgan fingerprint density at radius 2 is 1.05 bits per heavy atom. The number of nitrogens with zero attached hydrogens (tertiary/aromatic N) is 5. The lowest BCUT2D eigenvalue weighted by atomic mass is 9.98. The Morgan fingerprint density at radius 3 is 1.80 bits per heavy atom. The van der Waals surface area contributed by atoms with Crippen LogP contribution in [0.3, 0.4) is 0 Å². The summed E-state index contributed by atoms with van der Waals surface area (Å²) < 4.78 is 2.28. The fourth-order valence-electron chi connectivity index (χ4n) is 7.69. The van der Waals surface area contributed by atoms with Gasteiger partial charge in [0.05, 0.1) is 33.6 Å². The van der Waals surface area contributed by atoms with E-state index in [2.05, 4.69) is 169 Å². The zero-order chi connectivity index (χ0) is 36.7. The highest BCUT2D eigenvalue weighted by Gasteiger charge is 2.20. The van der Waals surface area contributed by atoms with Crippen LogP contribution < -0.4 is 0 Å². The monoisotopic (exact) mass is 705 g/mol. The second kappa shape index (κ2) is 13.6. The van der Waals surface area contributed by atoms with Gasteiger partial charge in [-0.05, 0) is 52.9 Å². The first-order chi connectivity index (χ1) is 27.2. The number of fused-ring (bicyclic) bond motifs is 5. The lowest BCUT2D eigenvalue weighted by Gasteiger charge is -2.13. The van der Waals surface area contributed by atoms with E-state index < -0.39 is 0 Å². The third-order valence-corrected chi connectivity index (χ3v) is 10.4. The average molecular weight is 706 g/mol. The van der Waals surface area contributed by atoms with Crippen LogP contribution in [0.25, 0.3) is 94.7 Å². The van der Waals surface area contributed by atoms with Crippen molar-refractivity contribution in [1.29, 1.82) is 0 Å². The zero-order valence-electron chi connectivity index (χ0n) is 30.3. The Bertz CT molecular complexity index is 2990. The summed E-state index contributed by atoms with van der Waals surface area (Å²) in [5.74, 6) is 1.68. The van der Waals surface area contributed by atoms with Gasteiger partial charge in [0.2, 0.25) is 0 Å². The van der Waals surface area contributed by atoms with Gasteiger partial charge in [0, 0.05) is 45.1 Å². The zero-order valence-corrected chi connectivity index (χ0v) is 30.3. The standard InChI is InChI=1S/C50H35N5/c1-2-46-54-49-45(55(46)39-21-10-5-11-22-39)30-29-41-40-23-12-13-24-42(40)51-48(47(41)49)35-25-27-36(28-26-35)50-52-43(34-17-8-4-9-18-34)32-44(53-50)38-20-14-19-37(31-38)33-15-6-3-7-16-33/h3-32H,2H2,1H3. The van der Waals surface area contributed by atoms with Crippen LogP contribution >= 0.6 is 0 Å². The maximum atomic E-state index is 5.32. The van der Waals surface area contributed by atoms with Crippen LogP contribution in [0.15, 0.2) is 182 Å². The highest BCUT2D eigenvalue weighted by atomic mass is 15.1. The molecule has 0 saturated carbocycles. The SMILES string of the molecule is CCc1nc2c3c(-c4ccc(-c5nc(-c6ccccc6)cc(-c6cccc(-c7ccccc7)c6)n5)cc4)nc4ccccc4c3ccc2n1-c1ccccc1. The lowest BCUT2D eigenvalue weighted by Crippen LogP contribution is -1.99. The summed E-state index contributed by atoms with van der Waals surface area (Å²) in [6.45, 7) is 2.16. The van der Waals surface area contributed by atoms with E-state index in [1.165, 1.54) is 5.56 Å². The molecule has 0 amide bonds. The van der Waals surface area contributed by atoms with E-state index in [9.17, 15) is 0 Å². The molecule has 0 aliphatic carbocycles. The summed E-state index contributed by atoms with van der Waals surface area (Å²) >= 11 is 0. The molecule has 0 unspecified atom stereocenters. The van der Waals surface area contributed by atoms with E-state index in [1.54, 1.807) is 0 Å². The number of aryl methyl sites for hydroxylation is 1. The summed E-state index contributed by atoms with van der Waals surface area (Å²) in [6.07, 6.45) is 0.802. The maximum Gasteiger partial charge on any atom is 0.160 e. The van der Waals surface area contributed by atoms with Crippen molar-refractivity contribution in [2.24, 2.45) is 0 Å². The molecule has 3 aromatic heterocycles. The minimum atomic E-state index is 0.668. The molecule has 10 aromatic rings. The van der Waals surface area contributed by atoms with Gasteiger partial charge in [0.1, 0.15) is 5.82 Å². The molecule has 0 N–H and O–H groups in total. The van der Waals surface area contributed by atoms with Crippen molar-refractivity contribution >= 4 is 32.7 Å². The Balaban J connectivity index is 1.13. The third kappa shape index (κ3) is 5.83. The topological polar surface area (TPSA) is 56.5 Å². The minimum Gasteiger partial charge on any atom is -0.296 e. The van der Waals surface area contributed by atoms with Crippen molar-refractivity contribution in [3.05, 3.63) is 188 Å².